The Kier molecular flexibility index (Phi) is 7.79. The molecule has 1 unspecified atom stereocenters. The van der Waals surface area contributed by atoms with E-state index in [1.54, 1.807) is 33.0 Å². The number of nitrogens with one attached hydrogen (secondary N) is 2. The molecule has 2 heterocycles. The number of ether oxygens (including phenoxy) is 2. The van der Waals surface area contributed by atoms with Gasteiger partial charge in [0.1, 0.15) is 29.6 Å². The Hall–Kier alpha value is -3.47. The zero-order valence-corrected chi connectivity index (χ0v) is 19.8. The van der Waals surface area contributed by atoms with Crippen molar-refractivity contribution in [3.63, 3.8) is 0 Å². The first kappa shape index (κ1) is 26.1. The van der Waals surface area contributed by atoms with Crippen molar-refractivity contribution in [1.29, 1.82) is 0 Å². The van der Waals surface area contributed by atoms with Crippen LogP contribution >= 0.6 is 0 Å². The van der Waals surface area contributed by atoms with Crippen LogP contribution in [0.25, 0.3) is 0 Å². The van der Waals surface area contributed by atoms with Crippen LogP contribution < -0.4 is 10.6 Å². The first-order chi connectivity index (χ1) is 16.4. The molecular weight excluding hydrogens is 465 g/mol. The lowest BCUT2D eigenvalue weighted by atomic mass is 9.90. The number of hydrogen-bond donors (Lipinski definition) is 2. The van der Waals surface area contributed by atoms with Gasteiger partial charge in [0.2, 0.25) is 0 Å². The molecule has 1 aromatic heterocycles. The molecule has 8 nitrogen and oxygen atoms in total. The maximum Gasteiger partial charge on any atom is 0.413 e. The van der Waals surface area contributed by atoms with Gasteiger partial charge in [0.05, 0.1) is 6.61 Å². The quantitative estimate of drug-likeness (QED) is 0.642. The van der Waals surface area contributed by atoms with Gasteiger partial charge in [-0.05, 0) is 57.0 Å². The second kappa shape index (κ2) is 10.4. The molecule has 11 heteroatoms. The fourth-order valence-corrected chi connectivity index (χ4v) is 3.36. The summed E-state index contributed by atoms with van der Waals surface area (Å²) >= 11 is 0. The van der Waals surface area contributed by atoms with Gasteiger partial charge in [-0.25, -0.2) is 23.0 Å². The highest BCUT2D eigenvalue weighted by Crippen LogP contribution is 2.38. The minimum Gasteiger partial charge on any atom is -0.444 e. The predicted octanol–water partition coefficient (Wildman–Crippen LogP) is 4.45. The Balaban J connectivity index is 1.90. The largest absolute Gasteiger partial charge is 0.444 e. The molecule has 0 aliphatic carbocycles. The third-order valence-corrected chi connectivity index (χ3v) is 5.06. The zero-order chi connectivity index (χ0) is 25.8. The Morgan fingerprint density at radius 3 is 2.54 bits per heavy atom. The molecule has 2 N–H and O–H groups in total. The van der Waals surface area contributed by atoms with E-state index in [0.717, 1.165) is 24.1 Å². The molecule has 0 spiro atoms. The number of aliphatic imine (C=N–C) groups is 1. The van der Waals surface area contributed by atoms with E-state index in [1.807, 2.05) is 6.92 Å². The van der Waals surface area contributed by atoms with Crippen LogP contribution in [-0.4, -0.2) is 48.1 Å². The van der Waals surface area contributed by atoms with Crippen LogP contribution in [0.15, 0.2) is 41.5 Å². The second-order valence-corrected chi connectivity index (χ2v) is 8.96. The Morgan fingerprint density at radius 1 is 1.20 bits per heavy atom. The average Bonchev–Trinajstić information content (AvgIpc) is 2.79. The van der Waals surface area contributed by atoms with Crippen molar-refractivity contribution >= 4 is 23.5 Å². The van der Waals surface area contributed by atoms with Crippen LogP contribution in [0.1, 0.15) is 49.3 Å². The minimum absolute atomic E-state index is 0.0650. The van der Waals surface area contributed by atoms with E-state index in [-0.39, 0.29) is 23.8 Å². The fraction of sp³-hybridized carbons (Fsp3) is 0.417. The number of aromatic nitrogens is 1. The monoisotopic (exact) mass is 492 g/mol. The number of amidine groups is 1. The van der Waals surface area contributed by atoms with Gasteiger partial charge in [-0.2, -0.15) is 0 Å². The standard InChI is InChI=1S/C24H27F3N4O4/c1-5-14-6-9-18(28-11-14)20(32)29-15-7-8-17(25)16(10-15)24(21(26)27)13-34-12-19(31-24)30-22(33)35-23(2,3)4/h6-11,21H,5,12-13H2,1-4H3,(H,29,32)(H,30,31,33). The fourth-order valence-electron chi connectivity index (χ4n) is 3.36. The van der Waals surface area contributed by atoms with E-state index < -0.39 is 47.6 Å². The molecule has 0 radical (unpaired) electrons. The van der Waals surface area contributed by atoms with Crippen molar-refractivity contribution in [3.05, 3.63) is 59.2 Å². The average molecular weight is 492 g/mol. The van der Waals surface area contributed by atoms with Crippen LogP contribution in [-0.2, 0) is 21.4 Å². The zero-order valence-electron chi connectivity index (χ0n) is 19.8. The highest BCUT2D eigenvalue weighted by Gasteiger charge is 2.47. The summed E-state index contributed by atoms with van der Waals surface area (Å²) in [6.07, 6.45) is -1.79. The Bertz CT molecular complexity index is 1120. The second-order valence-electron chi connectivity index (χ2n) is 8.96. The van der Waals surface area contributed by atoms with E-state index in [0.29, 0.717) is 0 Å². The first-order valence-electron chi connectivity index (χ1n) is 10.9. The molecule has 35 heavy (non-hydrogen) atoms. The van der Waals surface area contributed by atoms with E-state index in [9.17, 15) is 22.8 Å². The predicted molar refractivity (Wildman–Crippen MR) is 123 cm³/mol. The van der Waals surface area contributed by atoms with E-state index in [2.05, 4.69) is 20.6 Å². The molecule has 1 atom stereocenters. The maximum absolute atomic E-state index is 14.8. The van der Waals surface area contributed by atoms with Crippen molar-refractivity contribution in [2.75, 3.05) is 18.5 Å². The summed E-state index contributed by atoms with van der Waals surface area (Å²) in [6, 6.07) is 6.55. The Labute approximate surface area is 200 Å². The number of pyridine rings is 1. The number of benzene rings is 1. The van der Waals surface area contributed by atoms with E-state index in [1.165, 1.54) is 12.1 Å². The molecule has 0 saturated heterocycles. The molecule has 1 aliphatic heterocycles. The van der Waals surface area contributed by atoms with Crippen LogP contribution in [0.3, 0.4) is 0 Å². The number of alkyl halides is 2. The molecule has 0 bridgehead atoms. The van der Waals surface area contributed by atoms with Gasteiger partial charge in [0.25, 0.3) is 12.3 Å². The number of amides is 2. The molecule has 188 valence electrons. The summed E-state index contributed by atoms with van der Waals surface area (Å²) in [4.78, 5) is 32.7. The van der Waals surface area contributed by atoms with Gasteiger partial charge < -0.3 is 14.8 Å². The van der Waals surface area contributed by atoms with Crippen molar-refractivity contribution < 1.29 is 32.2 Å². The number of anilines is 1. The van der Waals surface area contributed by atoms with Gasteiger partial charge in [-0.1, -0.05) is 13.0 Å². The molecule has 1 aliphatic rings. The van der Waals surface area contributed by atoms with E-state index >= 15 is 0 Å². The van der Waals surface area contributed by atoms with E-state index in [4.69, 9.17) is 9.47 Å². The lowest BCUT2D eigenvalue weighted by Crippen LogP contribution is -2.48. The van der Waals surface area contributed by atoms with Crippen molar-refractivity contribution in [3.8, 4) is 0 Å². The summed E-state index contributed by atoms with van der Waals surface area (Å²) in [5, 5.41) is 4.82. The van der Waals surface area contributed by atoms with Gasteiger partial charge in [-0.3, -0.25) is 15.1 Å². The van der Waals surface area contributed by atoms with Crippen LogP contribution in [0.2, 0.25) is 0 Å². The Morgan fingerprint density at radius 2 is 1.94 bits per heavy atom. The summed E-state index contributed by atoms with van der Waals surface area (Å²) in [7, 11) is 0. The third-order valence-electron chi connectivity index (χ3n) is 5.06. The molecule has 1 aromatic carbocycles. The minimum atomic E-state index is -3.19. The highest BCUT2D eigenvalue weighted by atomic mass is 19.3. The van der Waals surface area contributed by atoms with Crippen molar-refractivity contribution in [1.82, 2.24) is 10.3 Å². The molecular formula is C24H27F3N4O4. The number of alkyl carbamates (subject to hydrolysis) is 1. The lowest BCUT2D eigenvalue weighted by molar-refractivity contribution is -0.0156. The molecule has 0 saturated carbocycles. The van der Waals surface area contributed by atoms with Crippen LogP contribution in [0.5, 0.6) is 0 Å². The number of halogens is 3. The topological polar surface area (TPSA) is 102 Å². The normalized spacial score (nSPS) is 18.1. The number of carbonyl (C=O) groups excluding carboxylic acids is 2. The summed E-state index contributed by atoms with van der Waals surface area (Å²) in [5.41, 5.74) is -2.66. The summed E-state index contributed by atoms with van der Waals surface area (Å²) in [5.74, 6) is -1.80. The SMILES string of the molecule is CCc1ccc(C(=O)Nc2ccc(F)c(C3(C(F)F)COCC(NC(=O)OC(C)(C)C)=N3)c2)nc1. The summed E-state index contributed by atoms with van der Waals surface area (Å²) in [6.45, 7) is 5.94. The van der Waals surface area contributed by atoms with Crippen molar-refractivity contribution in [2.24, 2.45) is 4.99 Å². The maximum atomic E-state index is 14.8. The number of rotatable bonds is 5. The number of nitrogens with zero attached hydrogens (tertiary/aromatic N) is 2. The van der Waals surface area contributed by atoms with Crippen molar-refractivity contribution in [2.45, 2.75) is 51.7 Å². The molecule has 3 rings (SSSR count). The highest BCUT2D eigenvalue weighted by molar-refractivity contribution is 6.03. The molecule has 2 amide bonds. The van der Waals surface area contributed by atoms with Crippen LogP contribution in [0.4, 0.5) is 23.7 Å². The first-order valence-corrected chi connectivity index (χ1v) is 10.9. The van der Waals surface area contributed by atoms with Gasteiger partial charge in [0, 0.05) is 17.4 Å². The van der Waals surface area contributed by atoms with Crippen LogP contribution in [0, 0.1) is 5.82 Å². The summed E-state index contributed by atoms with van der Waals surface area (Å²) < 4.78 is 53.9. The van der Waals surface area contributed by atoms with Gasteiger partial charge in [0.15, 0.2) is 5.54 Å². The molecule has 2 aromatic rings. The number of hydrogen-bond acceptors (Lipinski definition) is 6. The third kappa shape index (κ3) is 6.36. The number of carbonyl (C=O) groups is 2. The molecule has 0 fully saturated rings. The van der Waals surface area contributed by atoms with Gasteiger partial charge >= 0.3 is 6.09 Å². The number of aryl methyl sites for hydroxylation is 1. The van der Waals surface area contributed by atoms with Gasteiger partial charge in [-0.15, -0.1) is 0 Å². The smallest absolute Gasteiger partial charge is 0.413 e. The lowest BCUT2D eigenvalue weighted by Gasteiger charge is -2.34.